The number of hydrogen-bond acceptors (Lipinski definition) is 2. The standard InChI is InChI=1S/C18H30N4/c1-5-19-18(20-11-16-9-7-6-8-10-16)21-17-13-22(14(2)3)12-15(17)4/h6-10,14-15,17H,5,11-13H2,1-4H3,(H2,19,20,21). The fourth-order valence-electron chi connectivity index (χ4n) is 2.86. The molecule has 1 aliphatic heterocycles. The average molecular weight is 302 g/mol. The number of aliphatic imine (C=N–C) groups is 1. The molecule has 0 radical (unpaired) electrons. The number of rotatable bonds is 5. The van der Waals surface area contributed by atoms with Gasteiger partial charge in [0.15, 0.2) is 5.96 Å². The Kier molecular flexibility index (Phi) is 6.25. The van der Waals surface area contributed by atoms with E-state index in [9.17, 15) is 0 Å². The van der Waals surface area contributed by atoms with Crippen LogP contribution in [-0.4, -0.2) is 42.6 Å². The second kappa shape index (κ2) is 8.18. The van der Waals surface area contributed by atoms with Crippen molar-refractivity contribution in [3.8, 4) is 0 Å². The van der Waals surface area contributed by atoms with Crippen LogP contribution in [0.15, 0.2) is 35.3 Å². The highest BCUT2D eigenvalue weighted by Crippen LogP contribution is 2.18. The maximum absolute atomic E-state index is 4.73. The first-order chi connectivity index (χ1) is 10.6. The highest BCUT2D eigenvalue weighted by atomic mass is 15.3. The van der Waals surface area contributed by atoms with E-state index in [1.165, 1.54) is 5.56 Å². The second-order valence-corrected chi connectivity index (χ2v) is 6.46. The molecule has 0 aromatic heterocycles. The van der Waals surface area contributed by atoms with E-state index in [1.54, 1.807) is 0 Å². The van der Waals surface area contributed by atoms with Crippen molar-refractivity contribution in [2.24, 2.45) is 10.9 Å². The van der Waals surface area contributed by atoms with Crippen LogP contribution in [0.25, 0.3) is 0 Å². The van der Waals surface area contributed by atoms with Gasteiger partial charge in [0.2, 0.25) is 0 Å². The molecule has 0 aliphatic carbocycles. The lowest BCUT2D eigenvalue weighted by atomic mass is 10.1. The predicted molar refractivity (Wildman–Crippen MR) is 94.1 cm³/mol. The van der Waals surface area contributed by atoms with Crippen molar-refractivity contribution in [1.29, 1.82) is 0 Å². The predicted octanol–water partition coefficient (Wildman–Crippen LogP) is 2.47. The largest absolute Gasteiger partial charge is 0.357 e. The van der Waals surface area contributed by atoms with Gasteiger partial charge in [-0.15, -0.1) is 0 Å². The van der Waals surface area contributed by atoms with Crippen LogP contribution >= 0.6 is 0 Å². The smallest absolute Gasteiger partial charge is 0.191 e. The normalized spacial score (nSPS) is 23.0. The fraction of sp³-hybridized carbons (Fsp3) is 0.611. The number of benzene rings is 1. The Hall–Kier alpha value is -1.55. The lowest BCUT2D eigenvalue weighted by molar-refractivity contribution is 0.265. The molecule has 22 heavy (non-hydrogen) atoms. The Morgan fingerprint density at radius 3 is 2.59 bits per heavy atom. The van der Waals surface area contributed by atoms with Crippen LogP contribution in [0.5, 0.6) is 0 Å². The van der Waals surface area contributed by atoms with Gasteiger partial charge in [0.25, 0.3) is 0 Å². The molecule has 0 spiro atoms. The Morgan fingerprint density at radius 2 is 2.00 bits per heavy atom. The van der Waals surface area contributed by atoms with Crippen LogP contribution in [0.1, 0.15) is 33.3 Å². The molecule has 122 valence electrons. The molecule has 1 saturated heterocycles. The number of nitrogens with zero attached hydrogens (tertiary/aromatic N) is 2. The van der Waals surface area contributed by atoms with Crippen molar-refractivity contribution >= 4 is 5.96 Å². The molecular weight excluding hydrogens is 272 g/mol. The highest BCUT2D eigenvalue weighted by molar-refractivity contribution is 5.80. The third kappa shape index (κ3) is 4.73. The van der Waals surface area contributed by atoms with Crippen molar-refractivity contribution < 1.29 is 0 Å². The molecular formula is C18H30N4. The molecule has 1 aromatic carbocycles. The molecule has 2 N–H and O–H groups in total. The van der Waals surface area contributed by atoms with E-state index in [0.717, 1.165) is 25.6 Å². The van der Waals surface area contributed by atoms with Gasteiger partial charge in [0.05, 0.1) is 6.54 Å². The quantitative estimate of drug-likeness (QED) is 0.648. The van der Waals surface area contributed by atoms with E-state index < -0.39 is 0 Å². The lowest BCUT2D eigenvalue weighted by Crippen LogP contribution is -2.46. The second-order valence-electron chi connectivity index (χ2n) is 6.46. The van der Waals surface area contributed by atoms with Crippen molar-refractivity contribution in [2.75, 3.05) is 19.6 Å². The van der Waals surface area contributed by atoms with E-state index in [0.29, 0.717) is 24.5 Å². The van der Waals surface area contributed by atoms with Gasteiger partial charge in [-0.1, -0.05) is 37.3 Å². The zero-order chi connectivity index (χ0) is 15.9. The Bertz CT molecular complexity index is 469. The first kappa shape index (κ1) is 16.8. The molecule has 1 heterocycles. The van der Waals surface area contributed by atoms with Gasteiger partial charge in [0, 0.05) is 31.7 Å². The zero-order valence-corrected chi connectivity index (χ0v) is 14.3. The molecule has 2 rings (SSSR count). The monoisotopic (exact) mass is 302 g/mol. The van der Waals surface area contributed by atoms with Crippen LogP contribution in [0.4, 0.5) is 0 Å². The van der Waals surface area contributed by atoms with Crippen LogP contribution in [-0.2, 0) is 6.54 Å². The summed E-state index contributed by atoms with van der Waals surface area (Å²) in [7, 11) is 0. The summed E-state index contributed by atoms with van der Waals surface area (Å²) in [6.45, 7) is 12.8. The third-order valence-corrected chi connectivity index (χ3v) is 4.30. The minimum atomic E-state index is 0.468. The average Bonchev–Trinajstić information content (AvgIpc) is 2.87. The number of nitrogens with one attached hydrogen (secondary N) is 2. The van der Waals surface area contributed by atoms with Gasteiger partial charge in [0.1, 0.15) is 0 Å². The van der Waals surface area contributed by atoms with Crippen molar-refractivity contribution in [2.45, 2.75) is 46.3 Å². The van der Waals surface area contributed by atoms with Crippen LogP contribution in [0, 0.1) is 5.92 Å². The summed E-state index contributed by atoms with van der Waals surface area (Å²) in [6.07, 6.45) is 0. The van der Waals surface area contributed by atoms with E-state index in [1.807, 2.05) is 6.07 Å². The summed E-state index contributed by atoms with van der Waals surface area (Å²) in [5.41, 5.74) is 1.24. The summed E-state index contributed by atoms with van der Waals surface area (Å²) < 4.78 is 0. The van der Waals surface area contributed by atoms with Crippen LogP contribution in [0.2, 0.25) is 0 Å². The number of likely N-dealkylation sites (tertiary alicyclic amines) is 1. The van der Waals surface area contributed by atoms with Gasteiger partial charge < -0.3 is 10.6 Å². The molecule has 0 amide bonds. The number of guanidine groups is 1. The number of hydrogen-bond donors (Lipinski definition) is 2. The van der Waals surface area contributed by atoms with E-state index in [-0.39, 0.29) is 0 Å². The third-order valence-electron chi connectivity index (χ3n) is 4.30. The van der Waals surface area contributed by atoms with Gasteiger partial charge in [-0.3, -0.25) is 4.90 Å². The minimum absolute atomic E-state index is 0.468. The van der Waals surface area contributed by atoms with Crippen molar-refractivity contribution in [1.82, 2.24) is 15.5 Å². The van der Waals surface area contributed by atoms with Gasteiger partial charge in [-0.05, 0) is 32.3 Å². The molecule has 4 heteroatoms. The van der Waals surface area contributed by atoms with Gasteiger partial charge in [-0.25, -0.2) is 4.99 Å². The molecule has 2 unspecified atom stereocenters. The van der Waals surface area contributed by atoms with Crippen LogP contribution < -0.4 is 10.6 Å². The lowest BCUT2D eigenvalue weighted by Gasteiger charge is -2.22. The summed E-state index contributed by atoms with van der Waals surface area (Å²) >= 11 is 0. The van der Waals surface area contributed by atoms with E-state index >= 15 is 0 Å². The SMILES string of the molecule is CCNC(=NCc1ccccc1)NC1CN(C(C)C)CC1C. The maximum atomic E-state index is 4.73. The Balaban J connectivity index is 1.96. The maximum Gasteiger partial charge on any atom is 0.191 e. The summed E-state index contributed by atoms with van der Waals surface area (Å²) in [5.74, 6) is 1.57. The zero-order valence-electron chi connectivity index (χ0n) is 14.3. The molecule has 2 atom stereocenters. The summed E-state index contributed by atoms with van der Waals surface area (Å²) in [4.78, 5) is 7.26. The fourth-order valence-corrected chi connectivity index (χ4v) is 2.86. The van der Waals surface area contributed by atoms with E-state index in [2.05, 4.69) is 67.5 Å². The molecule has 1 aliphatic rings. The van der Waals surface area contributed by atoms with Crippen molar-refractivity contribution in [3.63, 3.8) is 0 Å². The highest BCUT2D eigenvalue weighted by Gasteiger charge is 2.31. The molecule has 0 saturated carbocycles. The summed E-state index contributed by atoms with van der Waals surface area (Å²) in [5, 5.41) is 6.98. The minimum Gasteiger partial charge on any atom is -0.357 e. The van der Waals surface area contributed by atoms with Gasteiger partial charge >= 0.3 is 0 Å². The topological polar surface area (TPSA) is 39.7 Å². The molecule has 1 aromatic rings. The first-order valence-corrected chi connectivity index (χ1v) is 8.43. The molecule has 4 nitrogen and oxygen atoms in total. The molecule has 1 fully saturated rings. The Labute approximate surface area is 135 Å². The van der Waals surface area contributed by atoms with E-state index in [4.69, 9.17) is 4.99 Å². The van der Waals surface area contributed by atoms with Crippen molar-refractivity contribution in [3.05, 3.63) is 35.9 Å². The van der Waals surface area contributed by atoms with Crippen LogP contribution in [0.3, 0.4) is 0 Å². The first-order valence-electron chi connectivity index (χ1n) is 8.43. The van der Waals surface area contributed by atoms with Gasteiger partial charge in [-0.2, -0.15) is 0 Å². The summed E-state index contributed by atoms with van der Waals surface area (Å²) in [6, 6.07) is 11.5. The Morgan fingerprint density at radius 1 is 1.27 bits per heavy atom. The molecule has 0 bridgehead atoms.